The number of nitrogens with one attached hydrogen (secondary N) is 1. The largest absolute Gasteiger partial charge is 0.459 e. The van der Waals surface area contributed by atoms with Crippen molar-refractivity contribution in [1.29, 1.82) is 0 Å². The van der Waals surface area contributed by atoms with E-state index < -0.39 is 11.4 Å². The van der Waals surface area contributed by atoms with E-state index in [0.29, 0.717) is 12.2 Å². The number of anilines is 1. The van der Waals surface area contributed by atoms with Crippen LogP contribution < -0.4 is 5.32 Å². The fraction of sp³-hybridized carbons (Fsp3) is 0.619. The molecule has 1 heterocycles. The van der Waals surface area contributed by atoms with Crippen molar-refractivity contribution < 1.29 is 18.7 Å². The Bertz CT molecular complexity index is 726. The van der Waals surface area contributed by atoms with Gasteiger partial charge in [0.15, 0.2) is 0 Å². The van der Waals surface area contributed by atoms with Gasteiger partial charge >= 0.3 is 5.97 Å². The van der Waals surface area contributed by atoms with E-state index in [1.165, 1.54) is 12.1 Å². The maximum Gasteiger partial charge on any atom is 0.320 e. The fourth-order valence-corrected chi connectivity index (χ4v) is 4.47. The highest BCUT2D eigenvalue weighted by Gasteiger charge is 2.46. The molecular weight excluding hydrogens is 383 g/mol. The van der Waals surface area contributed by atoms with Crippen molar-refractivity contribution in [3.05, 3.63) is 29.0 Å². The van der Waals surface area contributed by atoms with Crippen LogP contribution in [0.4, 0.5) is 10.1 Å². The van der Waals surface area contributed by atoms with Gasteiger partial charge in [-0.3, -0.25) is 14.5 Å². The van der Waals surface area contributed by atoms with E-state index in [0.717, 1.165) is 38.8 Å². The predicted molar refractivity (Wildman–Crippen MR) is 107 cm³/mol. The van der Waals surface area contributed by atoms with Gasteiger partial charge in [0.05, 0.1) is 6.54 Å². The number of hydrogen-bond donors (Lipinski definition) is 1. The van der Waals surface area contributed by atoms with Crippen LogP contribution in [0, 0.1) is 17.2 Å². The Morgan fingerprint density at radius 2 is 1.89 bits per heavy atom. The van der Waals surface area contributed by atoms with Crippen LogP contribution in [0.25, 0.3) is 0 Å². The molecule has 1 saturated carbocycles. The first-order chi connectivity index (χ1) is 13.0. The van der Waals surface area contributed by atoms with Crippen LogP contribution in [-0.2, 0) is 14.3 Å². The molecule has 2 fully saturated rings. The molecule has 154 valence electrons. The first-order valence-electron chi connectivity index (χ1n) is 9.75. The minimum Gasteiger partial charge on any atom is -0.459 e. The summed E-state index contributed by atoms with van der Waals surface area (Å²) in [5.41, 5.74) is 0.139. The van der Waals surface area contributed by atoms with Crippen molar-refractivity contribution in [2.24, 2.45) is 11.3 Å². The Hall–Kier alpha value is -1.66. The number of carbonyl (C=O) groups is 2. The van der Waals surface area contributed by atoms with Crippen LogP contribution in [-0.4, -0.2) is 42.0 Å². The summed E-state index contributed by atoms with van der Waals surface area (Å²) >= 11 is 5.84. The topological polar surface area (TPSA) is 58.6 Å². The van der Waals surface area contributed by atoms with Gasteiger partial charge in [0.2, 0.25) is 5.91 Å². The number of benzene rings is 1. The summed E-state index contributed by atoms with van der Waals surface area (Å²) in [5.74, 6) is -0.817. The van der Waals surface area contributed by atoms with E-state index >= 15 is 0 Å². The molecule has 28 heavy (non-hydrogen) atoms. The van der Waals surface area contributed by atoms with Crippen molar-refractivity contribution >= 4 is 29.2 Å². The molecule has 7 heteroatoms. The Balaban J connectivity index is 1.44. The zero-order valence-corrected chi connectivity index (χ0v) is 17.4. The molecule has 1 N–H and O–H groups in total. The van der Waals surface area contributed by atoms with E-state index in [4.69, 9.17) is 16.3 Å². The van der Waals surface area contributed by atoms with Crippen LogP contribution in [0.3, 0.4) is 0 Å². The highest BCUT2D eigenvalue weighted by molar-refractivity contribution is 6.30. The number of nitrogens with zero attached hydrogens (tertiary/aromatic N) is 1. The second kappa shape index (κ2) is 7.99. The molecular formula is C21H28ClFN2O3. The third-order valence-corrected chi connectivity index (χ3v) is 5.66. The lowest BCUT2D eigenvalue weighted by molar-refractivity contribution is -0.160. The molecule has 1 aromatic rings. The van der Waals surface area contributed by atoms with Gasteiger partial charge in [-0.2, -0.15) is 0 Å². The summed E-state index contributed by atoms with van der Waals surface area (Å²) in [6.07, 6.45) is 3.52. The monoisotopic (exact) mass is 410 g/mol. The smallest absolute Gasteiger partial charge is 0.320 e. The summed E-state index contributed by atoms with van der Waals surface area (Å²) in [7, 11) is 0. The van der Waals surface area contributed by atoms with Gasteiger partial charge in [-0.1, -0.05) is 11.6 Å². The van der Waals surface area contributed by atoms with Crippen molar-refractivity contribution in [2.75, 3.05) is 25.0 Å². The Morgan fingerprint density at radius 3 is 2.46 bits per heavy atom. The lowest BCUT2D eigenvalue weighted by Crippen LogP contribution is -2.59. The standard InChI is InChI=1S/C21H28ClFN2O3/c1-20(2,3)28-18(26)11-25-12-21(13-25)6-4-14(5-7-21)19(27)24-17-9-15(22)8-16(23)10-17/h8-10,14H,4-7,11-13H2,1-3H3,(H,24,27). The highest BCUT2D eigenvalue weighted by Crippen LogP contribution is 2.45. The molecule has 0 aromatic heterocycles. The molecule has 0 unspecified atom stereocenters. The van der Waals surface area contributed by atoms with Crippen LogP contribution in [0.2, 0.25) is 5.02 Å². The van der Waals surface area contributed by atoms with Gasteiger partial charge in [-0.25, -0.2) is 4.39 Å². The van der Waals surface area contributed by atoms with E-state index in [-0.39, 0.29) is 28.2 Å². The van der Waals surface area contributed by atoms with Crippen LogP contribution in [0.5, 0.6) is 0 Å². The molecule has 1 spiro atoms. The van der Waals surface area contributed by atoms with Crippen molar-refractivity contribution in [3.8, 4) is 0 Å². The third-order valence-electron chi connectivity index (χ3n) is 5.44. The molecule has 1 aliphatic carbocycles. The molecule has 1 amide bonds. The molecule has 0 radical (unpaired) electrons. The van der Waals surface area contributed by atoms with Crippen LogP contribution >= 0.6 is 11.6 Å². The van der Waals surface area contributed by atoms with Gasteiger partial charge in [-0.15, -0.1) is 0 Å². The second-order valence-corrected chi connectivity index (χ2v) is 9.59. The summed E-state index contributed by atoms with van der Waals surface area (Å²) in [6.45, 7) is 7.68. The Labute approximate surface area is 170 Å². The fourth-order valence-electron chi connectivity index (χ4n) is 4.25. The SMILES string of the molecule is CC(C)(C)OC(=O)CN1CC2(CCC(C(=O)Nc3cc(F)cc(Cl)c3)CC2)C1. The third kappa shape index (κ3) is 5.45. The Kier molecular flexibility index (Phi) is 6.01. The number of amides is 1. The molecule has 3 rings (SSSR count). The van der Waals surface area contributed by atoms with E-state index in [9.17, 15) is 14.0 Å². The molecule has 0 atom stereocenters. The number of hydrogen-bond acceptors (Lipinski definition) is 4. The average Bonchev–Trinajstić information content (AvgIpc) is 2.51. The van der Waals surface area contributed by atoms with Crippen LogP contribution in [0.1, 0.15) is 46.5 Å². The van der Waals surface area contributed by atoms with Gasteiger partial charge in [0, 0.05) is 29.7 Å². The first-order valence-corrected chi connectivity index (χ1v) is 10.1. The lowest BCUT2D eigenvalue weighted by atomic mass is 9.65. The van der Waals surface area contributed by atoms with E-state index in [2.05, 4.69) is 10.2 Å². The quantitative estimate of drug-likeness (QED) is 0.754. The first kappa shape index (κ1) is 21.1. The zero-order valence-electron chi connectivity index (χ0n) is 16.7. The summed E-state index contributed by atoms with van der Waals surface area (Å²) in [6, 6.07) is 4.03. The molecule has 5 nitrogen and oxygen atoms in total. The maximum atomic E-state index is 13.4. The lowest BCUT2D eigenvalue weighted by Gasteiger charge is -2.53. The minimum absolute atomic E-state index is 0.0763. The maximum absolute atomic E-state index is 13.4. The van der Waals surface area contributed by atoms with Crippen molar-refractivity contribution in [2.45, 2.75) is 52.1 Å². The highest BCUT2D eigenvalue weighted by atomic mass is 35.5. The number of rotatable bonds is 4. The Morgan fingerprint density at radius 1 is 1.25 bits per heavy atom. The predicted octanol–water partition coefficient (Wildman–Crippen LogP) is 4.25. The summed E-state index contributed by atoms with van der Waals surface area (Å²) in [5, 5.41) is 3.04. The van der Waals surface area contributed by atoms with Gasteiger partial charge < -0.3 is 10.1 Å². The molecule has 1 saturated heterocycles. The number of halogens is 2. The number of carbonyl (C=O) groups excluding carboxylic acids is 2. The van der Waals surface area contributed by atoms with E-state index in [1.807, 2.05) is 20.8 Å². The molecule has 2 aliphatic rings. The number of esters is 1. The van der Waals surface area contributed by atoms with Crippen molar-refractivity contribution in [3.63, 3.8) is 0 Å². The minimum atomic E-state index is -0.468. The summed E-state index contributed by atoms with van der Waals surface area (Å²) < 4.78 is 18.8. The normalized spacial score (nSPS) is 19.9. The van der Waals surface area contributed by atoms with Crippen LogP contribution in [0.15, 0.2) is 18.2 Å². The number of ether oxygens (including phenoxy) is 1. The van der Waals surface area contributed by atoms with Gasteiger partial charge in [0.25, 0.3) is 0 Å². The average molecular weight is 411 g/mol. The molecule has 0 bridgehead atoms. The second-order valence-electron chi connectivity index (χ2n) is 9.15. The molecule has 1 aromatic carbocycles. The van der Waals surface area contributed by atoms with Crippen molar-refractivity contribution in [1.82, 2.24) is 4.90 Å². The molecule has 1 aliphatic heterocycles. The van der Waals surface area contributed by atoms with Gasteiger partial charge in [0.1, 0.15) is 11.4 Å². The van der Waals surface area contributed by atoms with Gasteiger partial charge in [-0.05, 0) is 70.1 Å². The number of likely N-dealkylation sites (tertiary alicyclic amines) is 1. The summed E-state index contributed by atoms with van der Waals surface area (Å²) in [4.78, 5) is 26.6. The van der Waals surface area contributed by atoms with E-state index in [1.54, 1.807) is 6.07 Å². The zero-order chi connectivity index (χ0) is 20.5.